The van der Waals surface area contributed by atoms with Crippen LogP contribution in [0.15, 0.2) is 16.3 Å². The topological polar surface area (TPSA) is 101 Å². The van der Waals surface area contributed by atoms with E-state index in [9.17, 15) is 13.2 Å². The molecule has 1 amide bonds. The van der Waals surface area contributed by atoms with Gasteiger partial charge in [-0.15, -0.1) is 21.5 Å². The van der Waals surface area contributed by atoms with Gasteiger partial charge in [0.1, 0.15) is 5.01 Å². The van der Waals surface area contributed by atoms with Crippen LogP contribution in [0.1, 0.15) is 21.6 Å². The van der Waals surface area contributed by atoms with Crippen LogP contribution in [-0.4, -0.2) is 56.1 Å². The lowest BCUT2D eigenvalue weighted by atomic mass is 10.4. The molecule has 0 fully saturated rings. The minimum absolute atomic E-state index is 0.0859. The van der Waals surface area contributed by atoms with Gasteiger partial charge in [0.05, 0.1) is 16.4 Å². The Bertz CT molecular complexity index is 800. The van der Waals surface area contributed by atoms with Gasteiger partial charge < -0.3 is 4.74 Å². The number of carbonyl (C=O) groups excluding carboxylic acids is 1. The molecule has 0 spiro atoms. The van der Waals surface area contributed by atoms with Crippen molar-refractivity contribution < 1.29 is 17.9 Å². The Kier molecular flexibility index (Phi) is 6.40. The summed E-state index contributed by atoms with van der Waals surface area (Å²) in [5.74, 6) is -0.403. The molecule has 2 heterocycles. The van der Waals surface area contributed by atoms with E-state index in [-0.39, 0.29) is 11.4 Å². The molecule has 8 nitrogen and oxygen atoms in total. The number of ether oxygens (including phenoxy) is 1. The summed E-state index contributed by atoms with van der Waals surface area (Å²) in [7, 11) is -0.662. The number of hydrogen-bond acceptors (Lipinski definition) is 8. The van der Waals surface area contributed by atoms with Crippen molar-refractivity contribution >= 4 is 43.7 Å². The van der Waals surface area contributed by atoms with E-state index in [4.69, 9.17) is 4.74 Å². The van der Waals surface area contributed by atoms with Gasteiger partial charge in [-0.05, 0) is 12.5 Å². The van der Waals surface area contributed by atoms with Crippen LogP contribution in [0.2, 0.25) is 0 Å². The maximum Gasteiger partial charge on any atom is 0.267 e. The van der Waals surface area contributed by atoms with Crippen LogP contribution in [0.4, 0.5) is 5.13 Å². The van der Waals surface area contributed by atoms with Crippen molar-refractivity contribution in [2.24, 2.45) is 0 Å². The summed E-state index contributed by atoms with van der Waals surface area (Å²) in [5.41, 5.74) is 0. The second-order valence-electron chi connectivity index (χ2n) is 4.77. The number of anilines is 1. The lowest BCUT2D eigenvalue weighted by molar-refractivity contribution is 0.103. The molecule has 0 aliphatic rings. The highest BCUT2D eigenvalue weighted by molar-refractivity contribution is 7.89. The van der Waals surface area contributed by atoms with Crippen molar-refractivity contribution in [3.63, 3.8) is 0 Å². The van der Waals surface area contributed by atoms with Crippen LogP contribution in [0.25, 0.3) is 0 Å². The third kappa shape index (κ3) is 4.36. The molecule has 0 aliphatic heterocycles. The van der Waals surface area contributed by atoms with Gasteiger partial charge in [-0.3, -0.25) is 10.1 Å². The number of rotatable bonds is 8. The molecule has 0 saturated heterocycles. The molecule has 0 aromatic carbocycles. The molecule has 2 rings (SSSR count). The summed E-state index contributed by atoms with van der Waals surface area (Å²) in [6.45, 7) is 2.48. The number of thiophene rings is 1. The molecule has 2 aromatic rings. The van der Waals surface area contributed by atoms with Gasteiger partial charge in [-0.2, -0.15) is 4.31 Å². The Balaban J connectivity index is 2.10. The second kappa shape index (κ2) is 8.12. The van der Waals surface area contributed by atoms with Crippen LogP contribution >= 0.6 is 22.7 Å². The van der Waals surface area contributed by atoms with Gasteiger partial charge in [-0.25, -0.2) is 8.42 Å². The van der Waals surface area contributed by atoms with Crippen LogP contribution in [-0.2, 0) is 21.2 Å². The number of likely N-dealkylation sites (N-methyl/N-ethyl adjacent to an activating group) is 1. The molecule has 24 heavy (non-hydrogen) atoms. The van der Waals surface area contributed by atoms with E-state index in [2.05, 4.69) is 15.5 Å². The summed E-state index contributed by atoms with van der Waals surface area (Å²) in [6, 6.07) is 1.36. The zero-order valence-electron chi connectivity index (χ0n) is 13.5. The highest BCUT2D eigenvalue weighted by Gasteiger charge is 2.23. The second-order valence-corrected chi connectivity index (χ2v) is 8.79. The maximum atomic E-state index is 12.4. The number of amides is 1. The Labute approximate surface area is 148 Å². The standard InChI is InChI=1S/C13H18N4O4S3/c1-4-11-15-16-13(23-11)14-12(18)10-7-9(8-22-10)24(19,20)17(2)5-6-21-3/h7-8H,4-6H2,1-3H3,(H,14,16,18). The normalized spacial score (nSPS) is 11.8. The Morgan fingerprint density at radius 3 is 2.79 bits per heavy atom. The van der Waals surface area contributed by atoms with Crippen molar-refractivity contribution in [2.45, 2.75) is 18.2 Å². The van der Waals surface area contributed by atoms with Crippen molar-refractivity contribution in [1.82, 2.24) is 14.5 Å². The van der Waals surface area contributed by atoms with Gasteiger partial charge in [0, 0.05) is 26.1 Å². The number of hydrogen-bond donors (Lipinski definition) is 1. The van der Waals surface area contributed by atoms with E-state index >= 15 is 0 Å². The Hall–Kier alpha value is -1.40. The Morgan fingerprint density at radius 2 is 2.17 bits per heavy atom. The molecule has 0 saturated carbocycles. The number of aromatic nitrogens is 2. The van der Waals surface area contributed by atoms with Crippen molar-refractivity contribution in [1.29, 1.82) is 0 Å². The lowest BCUT2D eigenvalue weighted by Crippen LogP contribution is -2.29. The largest absolute Gasteiger partial charge is 0.383 e. The van der Waals surface area contributed by atoms with Gasteiger partial charge in [0.25, 0.3) is 5.91 Å². The Morgan fingerprint density at radius 1 is 1.42 bits per heavy atom. The number of nitrogens with one attached hydrogen (secondary N) is 1. The highest BCUT2D eigenvalue weighted by atomic mass is 32.2. The van der Waals surface area contributed by atoms with E-state index in [0.29, 0.717) is 16.6 Å². The van der Waals surface area contributed by atoms with Crippen LogP contribution in [0, 0.1) is 0 Å². The highest BCUT2D eigenvalue weighted by Crippen LogP contribution is 2.24. The first-order valence-corrected chi connectivity index (χ1v) is 10.2. The average Bonchev–Trinajstić information content (AvgIpc) is 3.21. The summed E-state index contributed by atoms with van der Waals surface area (Å²) >= 11 is 2.36. The monoisotopic (exact) mass is 390 g/mol. The summed E-state index contributed by atoms with van der Waals surface area (Å²) < 4.78 is 30.9. The third-order valence-electron chi connectivity index (χ3n) is 3.11. The van der Waals surface area contributed by atoms with Crippen LogP contribution < -0.4 is 5.32 Å². The molecule has 1 N–H and O–H groups in total. The first-order valence-electron chi connectivity index (χ1n) is 7.06. The number of carbonyl (C=O) groups is 1. The fraction of sp³-hybridized carbons (Fsp3) is 0.462. The van der Waals surface area contributed by atoms with E-state index in [1.54, 1.807) is 0 Å². The summed E-state index contributed by atoms with van der Waals surface area (Å²) in [5, 5.41) is 13.1. The minimum Gasteiger partial charge on any atom is -0.383 e. The predicted octanol–water partition coefficient (Wildman–Crippen LogP) is 1.68. The molecule has 0 radical (unpaired) electrons. The predicted molar refractivity (Wildman–Crippen MR) is 93.3 cm³/mol. The lowest BCUT2D eigenvalue weighted by Gasteiger charge is -2.15. The van der Waals surface area contributed by atoms with E-state index in [1.807, 2.05) is 6.92 Å². The molecule has 132 valence electrons. The average molecular weight is 391 g/mol. The van der Waals surface area contributed by atoms with Gasteiger partial charge in [0.15, 0.2) is 0 Å². The summed E-state index contributed by atoms with van der Waals surface area (Å²) in [4.78, 5) is 12.6. The minimum atomic E-state index is -3.64. The molecule has 2 aromatic heterocycles. The zero-order chi connectivity index (χ0) is 17.7. The molecule has 11 heteroatoms. The number of methoxy groups -OCH3 is 1. The fourth-order valence-electron chi connectivity index (χ4n) is 1.70. The van der Waals surface area contributed by atoms with Crippen molar-refractivity contribution in [3.8, 4) is 0 Å². The number of aryl methyl sites for hydroxylation is 1. The fourth-order valence-corrected chi connectivity index (χ4v) is 4.68. The zero-order valence-corrected chi connectivity index (χ0v) is 15.9. The number of nitrogens with zero attached hydrogens (tertiary/aromatic N) is 3. The molecule has 0 bridgehead atoms. The van der Waals surface area contributed by atoms with Gasteiger partial charge >= 0.3 is 0 Å². The SMILES string of the molecule is CCc1nnc(NC(=O)c2cc(S(=O)(=O)N(C)CCOC)cs2)s1. The van der Waals surface area contributed by atoms with Gasteiger partial charge in [-0.1, -0.05) is 18.3 Å². The van der Waals surface area contributed by atoms with Crippen molar-refractivity contribution in [2.75, 3.05) is 32.6 Å². The van der Waals surface area contributed by atoms with E-state index in [1.165, 1.54) is 41.2 Å². The number of sulfonamides is 1. The molecular weight excluding hydrogens is 372 g/mol. The van der Waals surface area contributed by atoms with Crippen LogP contribution in [0.3, 0.4) is 0 Å². The smallest absolute Gasteiger partial charge is 0.267 e. The molecule has 0 unspecified atom stereocenters. The third-order valence-corrected chi connectivity index (χ3v) is 7.00. The van der Waals surface area contributed by atoms with Gasteiger partial charge in [0.2, 0.25) is 15.2 Å². The molecule has 0 aliphatic carbocycles. The van der Waals surface area contributed by atoms with Crippen molar-refractivity contribution in [3.05, 3.63) is 21.3 Å². The van der Waals surface area contributed by atoms with E-state index in [0.717, 1.165) is 22.8 Å². The quantitative estimate of drug-likeness (QED) is 0.736. The maximum absolute atomic E-state index is 12.4. The molecule has 0 atom stereocenters. The van der Waals surface area contributed by atoms with Crippen LogP contribution in [0.5, 0.6) is 0 Å². The first-order chi connectivity index (χ1) is 11.4. The summed E-state index contributed by atoms with van der Waals surface area (Å²) in [6.07, 6.45) is 0.739. The molecular formula is C13H18N4O4S3. The first kappa shape index (κ1) is 18.9. The van der Waals surface area contributed by atoms with E-state index < -0.39 is 15.9 Å².